The second-order valence-corrected chi connectivity index (χ2v) is 8.57. The van der Waals surface area contributed by atoms with Gasteiger partial charge in [-0.05, 0) is 70.6 Å². The van der Waals surface area contributed by atoms with Crippen LogP contribution in [0.25, 0.3) is 9.69 Å². The molecule has 0 spiro atoms. The second-order valence-electron chi connectivity index (χ2n) is 8.31. The molecule has 0 atom stereocenters. The summed E-state index contributed by atoms with van der Waals surface area (Å²) < 4.78 is 16.5. The van der Waals surface area contributed by atoms with Crippen molar-refractivity contribution in [2.45, 2.75) is 12.5 Å². The Bertz CT molecular complexity index is 1520. The Morgan fingerprint density at radius 1 is 0.795 bits per heavy atom. The molecule has 1 heterocycles. The van der Waals surface area contributed by atoms with E-state index in [4.69, 9.17) is 38.9 Å². The highest BCUT2D eigenvalue weighted by molar-refractivity contribution is 6.61. The fourth-order valence-electron chi connectivity index (χ4n) is 3.73. The normalized spacial score (nSPS) is 11.4. The molecule has 4 aromatic carbocycles. The molecule has 0 aliphatic carbocycles. The number of halogens is 1. The molecule has 0 saturated heterocycles. The molecule has 0 aromatic heterocycles. The van der Waals surface area contributed by atoms with Crippen molar-refractivity contribution in [3.05, 3.63) is 119 Å². The third-order valence-corrected chi connectivity index (χ3v) is 6.00. The maximum absolute atomic E-state index is 9.53. The van der Waals surface area contributed by atoms with Crippen molar-refractivity contribution in [2.75, 3.05) is 0 Å². The molecule has 3 N–H and O–H groups in total. The minimum Gasteiger partial charge on any atom is -0.457 e. The van der Waals surface area contributed by atoms with Gasteiger partial charge in [0.2, 0.25) is 0 Å². The molecule has 8 nitrogen and oxygen atoms in total. The summed E-state index contributed by atoms with van der Waals surface area (Å²) >= 11 is 5.78. The molecule has 0 amide bonds. The van der Waals surface area contributed by atoms with Gasteiger partial charge in [-0.1, -0.05) is 36.4 Å². The zero-order valence-electron chi connectivity index (χ0n) is 20.5. The first-order valence-corrected chi connectivity index (χ1v) is 12.2. The standard InChI is InChI=1S/C14H11BClNO3.C14H10BNO3/c1-17-11-2-4-12(5-3-11)20-13-6-7-14(15(18)19)10(8-13)9-16;1-16-11-2-4-12(5-3-11)19-13-6-7-14-10(8-13)9-18-15(14)17/h2-8,18-19H,9H2;2-8,17H,9H2. The van der Waals surface area contributed by atoms with Crippen molar-refractivity contribution in [3.8, 4) is 23.0 Å². The molecule has 5 rings (SSSR count). The van der Waals surface area contributed by atoms with Gasteiger partial charge in [0.15, 0.2) is 11.4 Å². The SMILES string of the molecule is [C-]#[N+]c1ccc(Oc2ccc(B(O)O)c(CCl)c2)cc1.[C-]#[N+]c1ccc(Oc2ccc3c(c2)COB3O)cc1. The lowest BCUT2D eigenvalue weighted by molar-refractivity contribution is 0.275. The van der Waals surface area contributed by atoms with Gasteiger partial charge < -0.3 is 29.2 Å². The van der Waals surface area contributed by atoms with Gasteiger partial charge in [0, 0.05) is 5.88 Å². The molecule has 4 aromatic rings. The van der Waals surface area contributed by atoms with Gasteiger partial charge in [-0.2, -0.15) is 0 Å². The van der Waals surface area contributed by atoms with Gasteiger partial charge in [-0.3, -0.25) is 0 Å². The van der Waals surface area contributed by atoms with Crippen LogP contribution in [0, 0.1) is 13.1 Å². The molecular weight excluding hydrogens is 517 g/mol. The maximum Gasteiger partial charge on any atom is 0.491 e. The quantitative estimate of drug-likeness (QED) is 0.187. The monoisotopic (exact) mass is 538 g/mol. The molecular formula is C28H21B2ClN2O6. The third-order valence-electron chi connectivity index (χ3n) is 5.72. The van der Waals surface area contributed by atoms with Crippen LogP contribution in [0.15, 0.2) is 84.9 Å². The van der Waals surface area contributed by atoms with Crippen LogP contribution >= 0.6 is 11.6 Å². The minimum absolute atomic E-state index is 0.154. The number of ether oxygens (including phenoxy) is 2. The highest BCUT2D eigenvalue weighted by Crippen LogP contribution is 2.26. The number of hydrogen-bond acceptors (Lipinski definition) is 6. The molecule has 0 bridgehead atoms. The van der Waals surface area contributed by atoms with Crippen molar-refractivity contribution < 1.29 is 29.2 Å². The molecule has 0 fully saturated rings. The first kappa shape index (κ1) is 27.7. The summed E-state index contributed by atoms with van der Waals surface area (Å²) in [5.74, 6) is 2.65. The van der Waals surface area contributed by atoms with E-state index in [1.54, 1.807) is 78.9 Å². The fraction of sp³-hybridized carbons (Fsp3) is 0.0714. The fourth-order valence-corrected chi connectivity index (χ4v) is 3.96. The third kappa shape index (κ3) is 7.18. The van der Waals surface area contributed by atoms with Gasteiger partial charge in [0.05, 0.1) is 19.8 Å². The largest absolute Gasteiger partial charge is 0.491 e. The number of benzene rings is 4. The predicted molar refractivity (Wildman–Crippen MR) is 150 cm³/mol. The summed E-state index contributed by atoms with van der Waals surface area (Å²) in [7, 11) is -2.39. The van der Waals surface area contributed by atoms with E-state index in [2.05, 4.69) is 9.69 Å². The Hall–Kier alpha value is -4.28. The van der Waals surface area contributed by atoms with Crippen molar-refractivity contribution in [1.29, 1.82) is 0 Å². The Balaban J connectivity index is 0.000000181. The zero-order valence-corrected chi connectivity index (χ0v) is 21.2. The predicted octanol–water partition coefficient (Wildman–Crippen LogP) is 4.70. The van der Waals surface area contributed by atoms with Crippen LogP contribution in [-0.2, 0) is 17.1 Å². The van der Waals surface area contributed by atoms with Crippen LogP contribution in [-0.4, -0.2) is 29.3 Å². The summed E-state index contributed by atoms with van der Waals surface area (Å²) in [6, 6.07) is 24.0. The van der Waals surface area contributed by atoms with Crippen LogP contribution in [0.1, 0.15) is 11.1 Å². The van der Waals surface area contributed by atoms with Crippen LogP contribution in [0.5, 0.6) is 23.0 Å². The van der Waals surface area contributed by atoms with E-state index in [-0.39, 0.29) is 5.88 Å². The summed E-state index contributed by atoms with van der Waals surface area (Å²) in [6.07, 6.45) is 0. The summed E-state index contributed by atoms with van der Waals surface area (Å²) in [5.41, 5.74) is 3.79. The Morgan fingerprint density at radius 3 is 1.82 bits per heavy atom. The maximum atomic E-state index is 9.53. The van der Waals surface area contributed by atoms with Crippen molar-refractivity contribution >= 4 is 48.1 Å². The average molecular weight is 539 g/mol. The van der Waals surface area contributed by atoms with Gasteiger partial charge in [0.25, 0.3) is 0 Å². The van der Waals surface area contributed by atoms with E-state index in [1.807, 2.05) is 6.07 Å². The van der Waals surface area contributed by atoms with E-state index < -0.39 is 14.2 Å². The van der Waals surface area contributed by atoms with Crippen LogP contribution in [0.2, 0.25) is 0 Å². The number of fused-ring (bicyclic) bond motifs is 1. The van der Waals surface area contributed by atoms with Crippen molar-refractivity contribution in [1.82, 2.24) is 0 Å². The van der Waals surface area contributed by atoms with E-state index in [9.17, 15) is 15.1 Å². The molecule has 0 saturated carbocycles. The zero-order chi connectivity index (χ0) is 27.8. The second kappa shape index (κ2) is 13.0. The summed E-state index contributed by atoms with van der Waals surface area (Å²) in [4.78, 5) is 6.62. The van der Waals surface area contributed by atoms with Crippen LogP contribution in [0.3, 0.4) is 0 Å². The number of hydrogen-bond donors (Lipinski definition) is 3. The van der Waals surface area contributed by atoms with E-state index in [1.165, 1.54) is 0 Å². The van der Waals surface area contributed by atoms with E-state index in [0.29, 0.717) is 52.0 Å². The Kier molecular flexibility index (Phi) is 9.24. The molecule has 1 aliphatic heterocycles. The summed E-state index contributed by atoms with van der Waals surface area (Å²) in [5, 5.41) is 27.9. The van der Waals surface area contributed by atoms with E-state index in [0.717, 1.165) is 11.0 Å². The van der Waals surface area contributed by atoms with Crippen molar-refractivity contribution in [2.24, 2.45) is 0 Å². The molecule has 0 unspecified atom stereocenters. The smallest absolute Gasteiger partial charge is 0.457 e. The van der Waals surface area contributed by atoms with Gasteiger partial charge >= 0.3 is 14.2 Å². The minimum atomic E-state index is -1.56. The first-order valence-electron chi connectivity index (χ1n) is 11.7. The Morgan fingerprint density at radius 2 is 1.31 bits per heavy atom. The average Bonchev–Trinajstić information content (AvgIpc) is 3.33. The van der Waals surface area contributed by atoms with Crippen LogP contribution < -0.4 is 20.4 Å². The first-order chi connectivity index (χ1) is 18.9. The van der Waals surface area contributed by atoms with Gasteiger partial charge in [-0.25, -0.2) is 9.69 Å². The molecule has 192 valence electrons. The highest BCUT2D eigenvalue weighted by Gasteiger charge is 2.27. The number of nitrogens with zero attached hydrogens (tertiary/aromatic N) is 2. The van der Waals surface area contributed by atoms with E-state index >= 15 is 0 Å². The molecule has 1 aliphatic rings. The Labute approximate surface area is 231 Å². The molecule has 11 heteroatoms. The van der Waals surface area contributed by atoms with Crippen molar-refractivity contribution in [3.63, 3.8) is 0 Å². The molecule has 0 radical (unpaired) electrons. The lowest BCUT2D eigenvalue weighted by Crippen LogP contribution is -2.32. The topological polar surface area (TPSA) is 97.1 Å². The lowest BCUT2D eigenvalue weighted by atomic mass is 9.77. The number of rotatable bonds is 6. The summed E-state index contributed by atoms with van der Waals surface area (Å²) in [6.45, 7) is 14.2. The highest BCUT2D eigenvalue weighted by atomic mass is 35.5. The lowest BCUT2D eigenvalue weighted by Gasteiger charge is -2.10. The van der Waals surface area contributed by atoms with Crippen LogP contribution in [0.4, 0.5) is 11.4 Å². The number of alkyl halides is 1. The van der Waals surface area contributed by atoms with Gasteiger partial charge in [-0.15, -0.1) is 11.6 Å². The molecule has 39 heavy (non-hydrogen) atoms. The van der Waals surface area contributed by atoms with Gasteiger partial charge in [0.1, 0.15) is 23.0 Å².